The first kappa shape index (κ1) is 39.6. The predicted molar refractivity (Wildman–Crippen MR) is 278 cm³/mol. The summed E-state index contributed by atoms with van der Waals surface area (Å²) in [6.45, 7) is 0. The van der Waals surface area contributed by atoms with Gasteiger partial charge in [-0.25, -0.2) is 15.0 Å². The summed E-state index contributed by atoms with van der Waals surface area (Å²) in [4.78, 5) is 15.1. The van der Waals surface area contributed by atoms with Crippen molar-refractivity contribution < 1.29 is 0 Å². The zero-order valence-corrected chi connectivity index (χ0v) is 36.5. The lowest BCUT2D eigenvalue weighted by Crippen LogP contribution is -2.00. The van der Waals surface area contributed by atoms with E-state index >= 15 is 0 Å². The molecule has 10 aromatic carbocycles. The molecule has 67 heavy (non-hydrogen) atoms. The second-order valence-electron chi connectivity index (χ2n) is 16.8. The zero-order valence-electron chi connectivity index (χ0n) is 36.5. The third kappa shape index (κ3) is 7.67. The molecule has 0 saturated carbocycles. The van der Waals surface area contributed by atoms with Crippen molar-refractivity contribution in [3.63, 3.8) is 0 Å². The fourth-order valence-corrected chi connectivity index (χ4v) is 9.38. The van der Waals surface area contributed by atoms with Crippen molar-refractivity contribution in [2.24, 2.45) is 0 Å². The summed E-state index contributed by atoms with van der Waals surface area (Å²) in [5.41, 5.74) is 17.8. The van der Waals surface area contributed by atoms with Crippen LogP contribution in [0.15, 0.2) is 255 Å². The van der Waals surface area contributed by atoms with Gasteiger partial charge >= 0.3 is 0 Å². The van der Waals surface area contributed by atoms with Crippen LogP contribution < -0.4 is 0 Å². The highest BCUT2D eigenvalue weighted by Gasteiger charge is 2.20. The third-order valence-corrected chi connectivity index (χ3v) is 12.6. The van der Waals surface area contributed by atoms with E-state index in [-0.39, 0.29) is 0 Å². The molecule has 0 unspecified atom stereocenters. The standard InChI is InChI=1S/C63H42N4/c1-6-19-43(20-7-1)49-35-36-58-57(42-49)60-56(50-30-16-31-51(37-50)63-65-61(46-25-12-4-13-26-46)64-62(66-63)47-27-14-5-15-28-47)33-18-34-59(60)67(58)55-32-17-29-48(41-55)54-39-52(44-21-8-2-9-22-44)38-53(40-54)45-23-10-3-11-24-45/h1-42H. The molecule has 0 bridgehead atoms. The van der Waals surface area contributed by atoms with Gasteiger partial charge in [0.15, 0.2) is 17.5 Å². The Kier molecular flexibility index (Phi) is 10.2. The van der Waals surface area contributed by atoms with Crippen molar-refractivity contribution in [2.45, 2.75) is 0 Å². The Hall–Kier alpha value is -8.99. The molecule has 0 spiro atoms. The van der Waals surface area contributed by atoms with Crippen LogP contribution >= 0.6 is 0 Å². The van der Waals surface area contributed by atoms with Gasteiger partial charge in [-0.3, -0.25) is 0 Å². The van der Waals surface area contributed by atoms with E-state index in [1.165, 1.54) is 44.2 Å². The van der Waals surface area contributed by atoms with Gasteiger partial charge in [-0.1, -0.05) is 200 Å². The molecule has 12 rings (SSSR count). The van der Waals surface area contributed by atoms with Crippen molar-refractivity contribution in [2.75, 3.05) is 0 Å². The second-order valence-corrected chi connectivity index (χ2v) is 16.8. The molecule has 0 aliphatic heterocycles. The van der Waals surface area contributed by atoms with Crippen LogP contribution in [0.1, 0.15) is 0 Å². The first-order valence-electron chi connectivity index (χ1n) is 22.7. The number of hydrogen-bond donors (Lipinski definition) is 0. The molecule has 2 heterocycles. The SMILES string of the molecule is c1ccc(-c2cc(-c3ccccc3)cc(-c3cccc(-n4c5ccc(-c6ccccc6)cc5c5c(-c6cccc(-c7nc(-c8ccccc8)nc(-c8ccccc8)n7)c6)cccc54)c3)c2)cc1. The van der Waals surface area contributed by atoms with E-state index in [1.54, 1.807) is 0 Å². The van der Waals surface area contributed by atoms with Gasteiger partial charge in [0.05, 0.1) is 11.0 Å². The van der Waals surface area contributed by atoms with Gasteiger partial charge in [-0.2, -0.15) is 0 Å². The molecular weight excluding hydrogens is 813 g/mol. The van der Waals surface area contributed by atoms with E-state index < -0.39 is 0 Å². The van der Waals surface area contributed by atoms with Crippen molar-refractivity contribution >= 4 is 21.8 Å². The molecule has 12 aromatic rings. The van der Waals surface area contributed by atoms with Crippen LogP contribution in [0.25, 0.3) is 117 Å². The Balaban J connectivity index is 1.04. The van der Waals surface area contributed by atoms with E-state index in [9.17, 15) is 0 Å². The van der Waals surface area contributed by atoms with Gasteiger partial charge in [0.1, 0.15) is 0 Å². The van der Waals surface area contributed by atoms with E-state index in [0.29, 0.717) is 17.5 Å². The molecule has 0 N–H and O–H groups in total. The maximum absolute atomic E-state index is 5.09. The van der Waals surface area contributed by atoms with Crippen LogP contribution in [0.5, 0.6) is 0 Å². The Morgan fingerprint density at radius 3 is 1.21 bits per heavy atom. The molecule has 2 aromatic heterocycles. The van der Waals surface area contributed by atoms with Crippen LogP contribution in [0.3, 0.4) is 0 Å². The Morgan fingerprint density at radius 2 is 0.642 bits per heavy atom. The van der Waals surface area contributed by atoms with Crippen LogP contribution in [-0.2, 0) is 0 Å². The summed E-state index contributed by atoms with van der Waals surface area (Å²) in [5, 5.41) is 2.36. The highest BCUT2D eigenvalue weighted by Crippen LogP contribution is 2.42. The minimum absolute atomic E-state index is 0.624. The van der Waals surface area contributed by atoms with E-state index in [1.807, 2.05) is 60.7 Å². The summed E-state index contributed by atoms with van der Waals surface area (Å²) >= 11 is 0. The fourth-order valence-electron chi connectivity index (χ4n) is 9.38. The van der Waals surface area contributed by atoms with E-state index in [4.69, 9.17) is 15.0 Å². The van der Waals surface area contributed by atoms with Gasteiger partial charge in [-0.15, -0.1) is 0 Å². The van der Waals surface area contributed by atoms with Crippen molar-refractivity contribution in [3.8, 4) is 95.5 Å². The number of fused-ring (bicyclic) bond motifs is 3. The monoisotopic (exact) mass is 854 g/mol. The average Bonchev–Trinajstić information content (AvgIpc) is 3.76. The molecular formula is C63H42N4. The van der Waals surface area contributed by atoms with Crippen LogP contribution in [-0.4, -0.2) is 19.5 Å². The summed E-state index contributed by atoms with van der Waals surface area (Å²) in [6, 6.07) is 90.4. The van der Waals surface area contributed by atoms with Gasteiger partial charge in [0.2, 0.25) is 0 Å². The Bertz CT molecular complexity index is 3600. The largest absolute Gasteiger partial charge is 0.309 e. The lowest BCUT2D eigenvalue weighted by molar-refractivity contribution is 1.07. The topological polar surface area (TPSA) is 43.6 Å². The quantitative estimate of drug-likeness (QED) is 0.145. The molecule has 4 nitrogen and oxygen atoms in total. The maximum Gasteiger partial charge on any atom is 0.164 e. The molecule has 0 fully saturated rings. The van der Waals surface area contributed by atoms with Crippen molar-refractivity contribution in [3.05, 3.63) is 255 Å². The Labute approximate surface area is 389 Å². The molecule has 0 saturated heterocycles. The molecule has 314 valence electrons. The molecule has 0 amide bonds. The second kappa shape index (κ2) is 17.2. The maximum atomic E-state index is 5.09. The highest BCUT2D eigenvalue weighted by molar-refractivity contribution is 6.16. The summed E-state index contributed by atoms with van der Waals surface area (Å²) in [6.07, 6.45) is 0. The lowest BCUT2D eigenvalue weighted by Gasteiger charge is -2.14. The van der Waals surface area contributed by atoms with Crippen LogP contribution in [0.4, 0.5) is 0 Å². The van der Waals surface area contributed by atoms with Gasteiger partial charge in [0.25, 0.3) is 0 Å². The first-order chi connectivity index (χ1) is 33.2. The summed E-state index contributed by atoms with van der Waals surface area (Å²) in [7, 11) is 0. The van der Waals surface area contributed by atoms with Gasteiger partial charge in [0, 0.05) is 33.2 Å². The molecule has 0 aliphatic rings. The molecule has 0 radical (unpaired) electrons. The van der Waals surface area contributed by atoms with E-state index in [0.717, 1.165) is 55.7 Å². The number of aromatic nitrogens is 4. The van der Waals surface area contributed by atoms with Gasteiger partial charge < -0.3 is 4.57 Å². The number of rotatable bonds is 9. The lowest BCUT2D eigenvalue weighted by atomic mass is 9.93. The number of benzene rings is 10. The number of nitrogens with zero attached hydrogens (tertiary/aromatic N) is 4. The molecule has 0 atom stereocenters. The van der Waals surface area contributed by atoms with Crippen LogP contribution in [0.2, 0.25) is 0 Å². The van der Waals surface area contributed by atoms with Crippen molar-refractivity contribution in [1.82, 2.24) is 19.5 Å². The minimum Gasteiger partial charge on any atom is -0.309 e. The third-order valence-electron chi connectivity index (χ3n) is 12.6. The first-order valence-corrected chi connectivity index (χ1v) is 22.7. The smallest absolute Gasteiger partial charge is 0.164 e. The Morgan fingerprint density at radius 1 is 0.239 bits per heavy atom. The van der Waals surface area contributed by atoms with Crippen LogP contribution in [0, 0.1) is 0 Å². The molecule has 4 heteroatoms. The van der Waals surface area contributed by atoms with E-state index in [2.05, 4.69) is 199 Å². The molecule has 0 aliphatic carbocycles. The normalized spacial score (nSPS) is 11.3. The summed E-state index contributed by atoms with van der Waals surface area (Å²) in [5.74, 6) is 1.90. The highest BCUT2D eigenvalue weighted by atomic mass is 15.0. The average molecular weight is 855 g/mol. The van der Waals surface area contributed by atoms with Crippen molar-refractivity contribution in [1.29, 1.82) is 0 Å². The zero-order chi connectivity index (χ0) is 44.5. The number of hydrogen-bond acceptors (Lipinski definition) is 3. The predicted octanol–water partition coefficient (Wildman–Crippen LogP) is 16.3. The van der Waals surface area contributed by atoms with Gasteiger partial charge in [-0.05, 0) is 110 Å². The fraction of sp³-hybridized carbons (Fsp3) is 0. The minimum atomic E-state index is 0.624. The summed E-state index contributed by atoms with van der Waals surface area (Å²) < 4.78 is 2.43.